The van der Waals surface area contributed by atoms with Gasteiger partial charge in [-0.15, -0.1) is 0 Å². The molecule has 0 radical (unpaired) electrons. The van der Waals surface area contributed by atoms with E-state index in [2.05, 4.69) is 26.8 Å². The highest BCUT2D eigenvalue weighted by atomic mass is 19.3. The highest BCUT2D eigenvalue weighted by molar-refractivity contribution is 5.94. The van der Waals surface area contributed by atoms with Crippen LogP contribution in [0.25, 0.3) is 0 Å². The minimum absolute atomic E-state index is 0.0711. The molecule has 1 heterocycles. The lowest BCUT2D eigenvalue weighted by Crippen LogP contribution is -2.52. The first-order chi connectivity index (χ1) is 11.0. The van der Waals surface area contributed by atoms with Crippen molar-refractivity contribution < 1.29 is 18.3 Å². The largest absolute Gasteiger partial charge is 0.435 e. The fourth-order valence-corrected chi connectivity index (χ4v) is 2.60. The summed E-state index contributed by atoms with van der Waals surface area (Å²) in [6.45, 7) is 5.85. The summed E-state index contributed by atoms with van der Waals surface area (Å²) in [7, 11) is 0. The normalized spacial score (nSPS) is 18.0. The number of ether oxygens (including phenoxy) is 1. The van der Waals surface area contributed by atoms with Gasteiger partial charge in [-0.25, -0.2) is 0 Å². The van der Waals surface area contributed by atoms with Gasteiger partial charge in [0, 0.05) is 31.9 Å². The summed E-state index contributed by atoms with van der Waals surface area (Å²) in [5, 5.41) is 2.81. The molecule has 1 aromatic rings. The number of likely N-dealkylation sites (N-methyl/N-ethyl adjacent to an activating group) is 1. The molecule has 5 nitrogen and oxygen atoms in total. The number of hydrogen-bond donors (Lipinski definition) is 1. The lowest BCUT2D eigenvalue weighted by Gasteiger charge is -2.36. The number of nitrogens with one attached hydrogen (secondary N) is 1. The van der Waals surface area contributed by atoms with Crippen molar-refractivity contribution in [1.82, 2.24) is 9.80 Å². The molecule has 1 fully saturated rings. The highest BCUT2D eigenvalue weighted by Gasteiger charge is 2.25. The molecule has 0 bridgehead atoms. The minimum Gasteiger partial charge on any atom is -0.435 e. The lowest BCUT2D eigenvalue weighted by molar-refractivity contribution is -0.121. The SMILES string of the molecule is CCN1CCN(C(C)C(=O)Nc2ccc(OC(F)F)cc2)CC1. The second-order valence-electron chi connectivity index (χ2n) is 5.54. The zero-order valence-corrected chi connectivity index (χ0v) is 13.5. The van der Waals surface area contributed by atoms with E-state index < -0.39 is 6.61 Å². The molecule has 0 spiro atoms. The van der Waals surface area contributed by atoms with Gasteiger partial charge in [0.15, 0.2) is 0 Å². The molecule has 128 valence electrons. The Balaban J connectivity index is 1.86. The number of carbonyl (C=O) groups excluding carboxylic acids is 1. The van der Waals surface area contributed by atoms with Gasteiger partial charge < -0.3 is 15.0 Å². The van der Waals surface area contributed by atoms with Gasteiger partial charge in [0.05, 0.1) is 6.04 Å². The number of alkyl halides is 2. The average Bonchev–Trinajstić information content (AvgIpc) is 2.55. The fourth-order valence-electron chi connectivity index (χ4n) is 2.60. The van der Waals surface area contributed by atoms with E-state index in [0.717, 1.165) is 32.7 Å². The molecule has 0 saturated carbocycles. The predicted molar refractivity (Wildman–Crippen MR) is 84.9 cm³/mol. The standard InChI is InChI=1S/C16H23F2N3O2/c1-3-20-8-10-21(11-9-20)12(2)15(22)19-13-4-6-14(7-5-13)23-16(17)18/h4-7,12,16H,3,8-11H2,1-2H3,(H,19,22). The summed E-state index contributed by atoms with van der Waals surface area (Å²) < 4.78 is 28.5. The molecule has 2 rings (SSSR count). The second-order valence-corrected chi connectivity index (χ2v) is 5.54. The van der Waals surface area contributed by atoms with Crippen LogP contribution in [0.15, 0.2) is 24.3 Å². The first kappa shape index (κ1) is 17.6. The number of piperazine rings is 1. The molecule has 1 N–H and O–H groups in total. The van der Waals surface area contributed by atoms with Crippen molar-refractivity contribution in [2.45, 2.75) is 26.5 Å². The van der Waals surface area contributed by atoms with Gasteiger partial charge in [0.25, 0.3) is 0 Å². The van der Waals surface area contributed by atoms with Crippen molar-refractivity contribution in [3.63, 3.8) is 0 Å². The van der Waals surface area contributed by atoms with Crippen LogP contribution < -0.4 is 10.1 Å². The Bertz CT molecular complexity index is 503. The molecule has 7 heteroatoms. The van der Waals surface area contributed by atoms with Crippen LogP contribution in [0.2, 0.25) is 0 Å². The van der Waals surface area contributed by atoms with E-state index in [-0.39, 0.29) is 17.7 Å². The maximum atomic E-state index is 12.3. The van der Waals surface area contributed by atoms with Crippen LogP contribution in [0.3, 0.4) is 0 Å². The quantitative estimate of drug-likeness (QED) is 0.870. The molecule has 0 aliphatic carbocycles. The number of rotatable bonds is 6. The molecule has 1 aliphatic heterocycles. The van der Waals surface area contributed by atoms with Crippen LogP contribution >= 0.6 is 0 Å². The van der Waals surface area contributed by atoms with E-state index in [9.17, 15) is 13.6 Å². The number of halogens is 2. The Kier molecular flexibility index (Phi) is 6.29. The van der Waals surface area contributed by atoms with Gasteiger partial charge in [-0.3, -0.25) is 9.69 Å². The predicted octanol–water partition coefficient (Wildman–Crippen LogP) is 2.25. The van der Waals surface area contributed by atoms with Crippen LogP contribution in [0.4, 0.5) is 14.5 Å². The third-order valence-corrected chi connectivity index (χ3v) is 4.13. The molecule has 1 amide bonds. The van der Waals surface area contributed by atoms with E-state index in [1.165, 1.54) is 12.1 Å². The minimum atomic E-state index is -2.85. The van der Waals surface area contributed by atoms with E-state index >= 15 is 0 Å². The van der Waals surface area contributed by atoms with Crippen molar-refractivity contribution in [1.29, 1.82) is 0 Å². The molecule has 1 unspecified atom stereocenters. The van der Waals surface area contributed by atoms with Crippen molar-refractivity contribution in [3.05, 3.63) is 24.3 Å². The monoisotopic (exact) mass is 327 g/mol. The third-order valence-electron chi connectivity index (χ3n) is 4.13. The molecule has 1 aliphatic rings. The van der Waals surface area contributed by atoms with Crippen LogP contribution in [0.5, 0.6) is 5.75 Å². The van der Waals surface area contributed by atoms with Gasteiger partial charge in [0.2, 0.25) is 5.91 Å². The van der Waals surface area contributed by atoms with Gasteiger partial charge in [-0.2, -0.15) is 8.78 Å². The van der Waals surface area contributed by atoms with Crippen molar-refractivity contribution >= 4 is 11.6 Å². The molecular formula is C16H23F2N3O2. The molecule has 1 saturated heterocycles. The summed E-state index contributed by atoms with van der Waals surface area (Å²) in [5.41, 5.74) is 0.565. The maximum absolute atomic E-state index is 12.3. The summed E-state index contributed by atoms with van der Waals surface area (Å²) >= 11 is 0. The van der Waals surface area contributed by atoms with Crippen LogP contribution in [-0.4, -0.2) is 61.1 Å². The Morgan fingerprint density at radius 2 is 1.83 bits per heavy atom. The average molecular weight is 327 g/mol. The number of anilines is 1. The summed E-state index contributed by atoms with van der Waals surface area (Å²) in [6.07, 6.45) is 0. The number of hydrogen-bond acceptors (Lipinski definition) is 4. The third kappa shape index (κ3) is 5.14. The molecule has 0 aromatic heterocycles. The first-order valence-corrected chi connectivity index (χ1v) is 7.81. The van der Waals surface area contributed by atoms with Gasteiger partial charge in [-0.1, -0.05) is 6.92 Å². The Hall–Kier alpha value is -1.73. The van der Waals surface area contributed by atoms with Crippen LogP contribution in [0, 0.1) is 0 Å². The maximum Gasteiger partial charge on any atom is 0.387 e. The fraction of sp³-hybridized carbons (Fsp3) is 0.562. The van der Waals surface area contributed by atoms with Gasteiger partial charge >= 0.3 is 6.61 Å². The molecular weight excluding hydrogens is 304 g/mol. The van der Waals surface area contributed by atoms with E-state index in [4.69, 9.17) is 0 Å². The highest BCUT2D eigenvalue weighted by Crippen LogP contribution is 2.18. The zero-order valence-electron chi connectivity index (χ0n) is 13.5. The topological polar surface area (TPSA) is 44.8 Å². The van der Waals surface area contributed by atoms with Crippen LogP contribution in [-0.2, 0) is 4.79 Å². The van der Waals surface area contributed by atoms with Crippen LogP contribution in [0.1, 0.15) is 13.8 Å². The first-order valence-electron chi connectivity index (χ1n) is 7.81. The summed E-state index contributed by atoms with van der Waals surface area (Å²) in [6, 6.07) is 5.69. The van der Waals surface area contributed by atoms with E-state index in [0.29, 0.717) is 5.69 Å². The van der Waals surface area contributed by atoms with Crippen molar-refractivity contribution in [2.75, 3.05) is 38.0 Å². The van der Waals surface area contributed by atoms with E-state index in [1.54, 1.807) is 12.1 Å². The van der Waals surface area contributed by atoms with E-state index in [1.807, 2.05) is 6.92 Å². The Labute approximate surface area is 135 Å². The van der Waals surface area contributed by atoms with Gasteiger partial charge in [-0.05, 0) is 37.7 Å². The lowest BCUT2D eigenvalue weighted by atomic mass is 10.2. The number of nitrogens with zero attached hydrogens (tertiary/aromatic N) is 2. The zero-order chi connectivity index (χ0) is 16.8. The number of benzene rings is 1. The smallest absolute Gasteiger partial charge is 0.387 e. The Morgan fingerprint density at radius 3 is 2.35 bits per heavy atom. The van der Waals surface area contributed by atoms with Crippen molar-refractivity contribution in [3.8, 4) is 5.75 Å². The number of amides is 1. The summed E-state index contributed by atoms with van der Waals surface area (Å²) in [5.74, 6) is -0.0285. The molecule has 1 atom stereocenters. The van der Waals surface area contributed by atoms with Crippen molar-refractivity contribution in [2.24, 2.45) is 0 Å². The molecule has 23 heavy (non-hydrogen) atoms. The second kappa shape index (κ2) is 8.21. The number of carbonyl (C=O) groups is 1. The summed E-state index contributed by atoms with van der Waals surface area (Å²) in [4.78, 5) is 16.8. The molecule has 1 aromatic carbocycles. The van der Waals surface area contributed by atoms with Gasteiger partial charge in [0.1, 0.15) is 5.75 Å². The Morgan fingerprint density at radius 1 is 1.22 bits per heavy atom.